The van der Waals surface area contributed by atoms with Crippen molar-refractivity contribution in [3.63, 3.8) is 0 Å². The molecule has 1 amide bonds. The largest absolute Gasteiger partial charge is 0.315 e. The van der Waals surface area contributed by atoms with Crippen molar-refractivity contribution in [2.45, 2.75) is 39.8 Å². The van der Waals surface area contributed by atoms with Crippen molar-refractivity contribution >= 4 is 22.4 Å². The fraction of sp³-hybridized carbons (Fsp3) is 0.714. The number of carbonyl (C=O) groups excluding carboxylic acids is 1. The highest BCUT2D eigenvalue weighted by Gasteiger charge is 2.22. The summed E-state index contributed by atoms with van der Waals surface area (Å²) in [5.74, 6) is 0.0562. The minimum Gasteiger partial charge on any atom is -0.315 e. The first-order valence-electron chi connectivity index (χ1n) is 7.33. The molecule has 0 aliphatic carbocycles. The van der Waals surface area contributed by atoms with Crippen molar-refractivity contribution < 1.29 is 4.79 Å². The van der Waals surface area contributed by atoms with Gasteiger partial charge in [-0.2, -0.15) is 0 Å². The number of nitrogens with zero attached hydrogens (tertiary/aromatic N) is 3. The molecule has 1 aromatic rings. The molecule has 1 atom stereocenters. The van der Waals surface area contributed by atoms with Crippen molar-refractivity contribution in [3.8, 4) is 0 Å². The summed E-state index contributed by atoms with van der Waals surface area (Å²) in [6, 6.07) is 0.611. The molecule has 0 saturated carbocycles. The first kappa shape index (κ1) is 15.4. The first-order chi connectivity index (χ1) is 9.65. The molecule has 20 heavy (non-hydrogen) atoms. The fourth-order valence-electron chi connectivity index (χ4n) is 2.64. The van der Waals surface area contributed by atoms with E-state index in [1.165, 1.54) is 6.42 Å². The highest BCUT2D eigenvalue weighted by atomic mass is 32.1. The van der Waals surface area contributed by atoms with E-state index in [0.717, 1.165) is 37.0 Å². The Hall–Kier alpha value is -0.980. The van der Waals surface area contributed by atoms with Gasteiger partial charge < -0.3 is 5.32 Å². The number of thiazole rings is 1. The molecular formula is C14H24N4OS. The zero-order chi connectivity index (χ0) is 14.5. The Morgan fingerprint density at radius 1 is 1.50 bits per heavy atom. The Bertz CT molecular complexity index is 442. The highest BCUT2D eigenvalue weighted by molar-refractivity contribution is 7.14. The zero-order valence-electron chi connectivity index (χ0n) is 12.6. The van der Waals surface area contributed by atoms with Gasteiger partial charge in [0.15, 0.2) is 5.13 Å². The van der Waals surface area contributed by atoms with Gasteiger partial charge in [0.05, 0.1) is 5.69 Å². The molecule has 1 fully saturated rings. The molecule has 1 aliphatic heterocycles. The average Bonchev–Trinajstić information content (AvgIpc) is 3.07. The molecule has 1 unspecified atom stereocenters. The summed E-state index contributed by atoms with van der Waals surface area (Å²) >= 11 is 1.56. The second-order valence-electron chi connectivity index (χ2n) is 5.09. The van der Waals surface area contributed by atoms with Crippen molar-refractivity contribution in [2.24, 2.45) is 0 Å². The lowest BCUT2D eigenvalue weighted by atomic mass is 10.2. The van der Waals surface area contributed by atoms with Crippen LogP contribution in [0.3, 0.4) is 0 Å². The quantitative estimate of drug-likeness (QED) is 0.868. The Morgan fingerprint density at radius 3 is 2.85 bits per heavy atom. The minimum absolute atomic E-state index is 0.0562. The molecule has 2 heterocycles. The van der Waals surface area contributed by atoms with Gasteiger partial charge in [-0.25, -0.2) is 4.98 Å². The maximum Gasteiger partial charge on any atom is 0.225 e. The number of hydrogen-bond donors (Lipinski definition) is 1. The van der Waals surface area contributed by atoms with E-state index in [2.05, 4.69) is 27.5 Å². The van der Waals surface area contributed by atoms with Crippen molar-refractivity contribution in [1.82, 2.24) is 15.2 Å². The van der Waals surface area contributed by atoms with Gasteiger partial charge in [-0.1, -0.05) is 6.92 Å². The van der Waals surface area contributed by atoms with Crippen LogP contribution >= 0.6 is 11.3 Å². The van der Waals surface area contributed by atoms with E-state index < -0.39 is 0 Å². The van der Waals surface area contributed by atoms with Crippen LogP contribution in [-0.2, 0) is 11.3 Å². The number of hydrogen-bond acceptors (Lipinski definition) is 5. The van der Waals surface area contributed by atoms with E-state index in [-0.39, 0.29) is 5.91 Å². The molecule has 1 N–H and O–H groups in total. The summed E-state index contributed by atoms with van der Waals surface area (Å²) in [5, 5.41) is 6.30. The van der Waals surface area contributed by atoms with Crippen LogP contribution in [0.2, 0.25) is 0 Å². The number of rotatable bonds is 6. The molecule has 112 valence electrons. The third-order valence-corrected chi connectivity index (χ3v) is 4.70. The Balaban J connectivity index is 2.02. The smallest absolute Gasteiger partial charge is 0.225 e. The van der Waals surface area contributed by atoms with Gasteiger partial charge in [0.1, 0.15) is 0 Å². The van der Waals surface area contributed by atoms with E-state index in [1.54, 1.807) is 23.2 Å². The molecule has 1 aromatic heterocycles. The third-order valence-electron chi connectivity index (χ3n) is 3.79. The number of nitrogens with one attached hydrogen (secondary N) is 1. The summed E-state index contributed by atoms with van der Waals surface area (Å²) in [5.41, 5.74) is 1.07. The van der Waals surface area contributed by atoms with Crippen LogP contribution in [0.15, 0.2) is 5.38 Å². The van der Waals surface area contributed by atoms with Crippen LogP contribution < -0.4 is 10.2 Å². The van der Waals surface area contributed by atoms with Crippen LogP contribution in [-0.4, -0.2) is 48.0 Å². The monoisotopic (exact) mass is 296 g/mol. The lowest BCUT2D eigenvalue weighted by Crippen LogP contribution is -2.36. The number of aromatic nitrogens is 1. The molecular weight excluding hydrogens is 272 g/mol. The Kier molecular flexibility index (Phi) is 5.51. The maximum atomic E-state index is 11.5. The summed E-state index contributed by atoms with van der Waals surface area (Å²) in [4.78, 5) is 20.4. The lowest BCUT2D eigenvalue weighted by molar-refractivity contribution is -0.116. The number of anilines is 1. The van der Waals surface area contributed by atoms with Crippen LogP contribution in [0, 0.1) is 0 Å². The number of amides is 1. The van der Waals surface area contributed by atoms with E-state index in [0.29, 0.717) is 12.6 Å². The van der Waals surface area contributed by atoms with Gasteiger partial charge in [-0.15, -0.1) is 11.3 Å². The standard InChI is InChI=1S/C14H24N4OS/c1-4-17(13-6-7-15-8-13)9-12-10-20-14(16-12)18(5-2)11(3)19/h10,13,15H,4-9H2,1-3H3. The van der Waals surface area contributed by atoms with Crippen molar-refractivity contribution in [3.05, 3.63) is 11.1 Å². The fourth-order valence-corrected chi connectivity index (χ4v) is 3.57. The van der Waals surface area contributed by atoms with E-state index in [9.17, 15) is 4.79 Å². The molecule has 0 spiro atoms. The first-order valence-corrected chi connectivity index (χ1v) is 8.20. The van der Waals surface area contributed by atoms with E-state index in [4.69, 9.17) is 0 Å². The molecule has 1 saturated heterocycles. The molecule has 5 nitrogen and oxygen atoms in total. The van der Waals surface area contributed by atoms with Gasteiger partial charge >= 0.3 is 0 Å². The Labute approximate surface area is 125 Å². The lowest BCUT2D eigenvalue weighted by Gasteiger charge is -2.25. The Morgan fingerprint density at radius 2 is 2.30 bits per heavy atom. The molecule has 2 rings (SSSR count). The van der Waals surface area contributed by atoms with Gasteiger partial charge in [0.25, 0.3) is 0 Å². The average molecular weight is 296 g/mol. The predicted molar refractivity (Wildman–Crippen MR) is 83.2 cm³/mol. The molecule has 6 heteroatoms. The molecule has 0 aromatic carbocycles. The number of carbonyl (C=O) groups is 1. The molecule has 0 radical (unpaired) electrons. The van der Waals surface area contributed by atoms with Gasteiger partial charge in [-0.3, -0.25) is 14.6 Å². The summed E-state index contributed by atoms with van der Waals surface area (Å²) in [7, 11) is 0. The van der Waals surface area contributed by atoms with Crippen LogP contribution in [0.4, 0.5) is 5.13 Å². The maximum absolute atomic E-state index is 11.5. The SMILES string of the molecule is CCN(C(C)=O)c1nc(CN(CC)C2CCNC2)cs1. The summed E-state index contributed by atoms with van der Waals surface area (Å²) in [6.07, 6.45) is 1.21. The predicted octanol–water partition coefficient (Wildman–Crippen LogP) is 1.70. The third kappa shape index (κ3) is 3.56. The normalized spacial score (nSPS) is 18.7. The van der Waals surface area contributed by atoms with Crippen LogP contribution in [0.25, 0.3) is 0 Å². The topological polar surface area (TPSA) is 48.5 Å². The molecule has 1 aliphatic rings. The van der Waals surface area contributed by atoms with Crippen LogP contribution in [0.1, 0.15) is 32.9 Å². The van der Waals surface area contributed by atoms with E-state index >= 15 is 0 Å². The van der Waals surface area contributed by atoms with Crippen molar-refractivity contribution in [1.29, 1.82) is 0 Å². The summed E-state index contributed by atoms with van der Waals surface area (Å²) in [6.45, 7) is 10.5. The van der Waals surface area contributed by atoms with Crippen LogP contribution in [0.5, 0.6) is 0 Å². The number of likely N-dealkylation sites (N-methyl/N-ethyl adjacent to an activating group) is 1. The van der Waals surface area contributed by atoms with E-state index in [1.807, 2.05) is 6.92 Å². The van der Waals surface area contributed by atoms with Gasteiger partial charge in [0, 0.05) is 38.0 Å². The van der Waals surface area contributed by atoms with Gasteiger partial charge in [-0.05, 0) is 26.4 Å². The second kappa shape index (κ2) is 7.15. The zero-order valence-corrected chi connectivity index (χ0v) is 13.4. The van der Waals surface area contributed by atoms with Gasteiger partial charge in [0.2, 0.25) is 5.91 Å². The highest BCUT2D eigenvalue weighted by Crippen LogP contribution is 2.22. The summed E-state index contributed by atoms with van der Waals surface area (Å²) < 4.78 is 0. The second-order valence-corrected chi connectivity index (χ2v) is 5.93. The van der Waals surface area contributed by atoms with Crippen molar-refractivity contribution in [2.75, 3.05) is 31.1 Å². The minimum atomic E-state index is 0.0562. The molecule has 0 bridgehead atoms.